The van der Waals surface area contributed by atoms with Gasteiger partial charge in [-0.3, -0.25) is 4.79 Å². The second-order valence-electron chi connectivity index (χ2n) is 3.11. The maximum Gasteiger partial charge on any atom is 0.310 e. The normalized spacial score (nSPS) is 9.62. The zero-order valence-electron chi connectivity index (χ0n) is 8.59. The number of nitrogens with zero attached hydrogens (tertiary/aromatic N) is 1. The molecule has 3 nitrogen and oxygen atoms in total. The van der Waals surface area contributed by atoms with Gasteiger partial charge in [0.2, 0.25) is 0 Å². The number of esters is 1. The first-order valence-corrected chi connectivity index (χ1v) is 5.37. The Kier molecular flexibility index (Phi) is 4.60. The van der Waals surface area contributed by atoms with E-state index in [-0.39, 0.29) is 12.3 Å². The van der Waals surface area contributed by atoms with Crippen molar-refractivity contribution in [3.05, 3.63) is 33.8 Å². The largest absolute Gasteiger partial charge is 0.469 e. The summed E-state index contributed by atoms with van der Waals surface area (Å²) in [5.74, 6) is -0.208. The quantitative estimate of drug-likeness (QED) is 0.618. The zero-order chi connectivity index (χ0) is 12.1. The van der Waals surface area contributed by atoms with E-state index in [2.05, 4.69) is 4.74 Å². The van der Waals surface area contributed by atoms with Crippen LogP contribution in [-0.4, -0.2) is 13.1 Å². The Bertz CT molecular complexity index is 452. The summed E-state index contributed by atoms with van der Waals surface area (Å²) in [6.07, 6.45) is 0.0365. The molecule has 0 aliphatic rings. The fourth-order valence-electron chi connectivity index (χ4n) is 1.27. The van der Waals surface area contributed by atoms with Crippen LogP contribution in [0.2, 0.25) is 5.02 Å². The summed E-state index contributed by atoms with van der Waals surface area (Å²) in [6, 6.07) is 5.16. The molecule has 0 amide bonds. The number of hydrogen-bond donors (Lipinski definition) is 0. The van der Waals surface area contributed by atoms with E-state index in [1.807, 2.05) is 6.07 Å². The van der Waals surface area contributed by atoms with Gasteiger partial charge >= 0.3 is 5.97 Å². The lowest BCUT2D eigenvalue weighted by Gasteiger charge is -2.07. The lowest BCUT2D eigenvalue weighted by Crippen LogP contribution is -2.06. The molecule has 1 aromatic rings. The van der Waals surface area contributed by atoms with Gasteiger partial charge in [0.05, 0.1) is 25.2 Å². The van der Waals surface area contributed by atoms with Crippen LogP contribution < -0.4 is 0 Å². The fourth-order valence-corrected chi connectivity index (χ4v) is 1.79. The maximum absolute atomic E-state index is 11.1. The molecule has 0 spiro atoms. The van der Waals surface area contributed by atoms with Crippen molar-refractivity contribution in [2.75, 3.05) is 7.11 Å². The first-order valence-electron chi connectivity index (χ1n) is 4.46. The summed E-state index contributed by atoms with van der Waals surface area (Å²) in [7, 11) is 1.30. The van der Waals surface area contributed by atoms with E-state index >= 15 is 0 Å². The number of carbonyl (C=O) groups is 1. The summed E-state index contributed by atoms with van der Waals surface area (Å²) >= 11 is 11.7. The van der Waals surface area contributed by atoms with E-state index in [0.29, 0.717) is 21.7 Å². The highest BCUT2D eigenvalue weighted by Crippen LogP contribution is 2.25. The molecule has 0 unspecified atom stereocenters. The molecule has 5 heteroatoms. The highest BCUT2D eigenvalue weighted by Gasteiger charge is 2.12. The second kappa shape index (κ2) is 5.74. The highest BCUT2D eigenvalue weighted by molar-refractivity contribution is 6.33. The monoisotopic (exact) mass is 257 g/mol. The molecule has 0 fully saturated rings. The van der Waals surface area contributed by atoms with Gasteiger partial charge in [0.25, 0.3) is 0 Å². The molecule has 0 aliphatic carbocycles. The molecule has 1 aromatic carbocycles. The van der Waals surface area contributed by atoms with E-state index in [1.165, 1.54) is 7.11 Å². The number of alkyl halides is 1. The predicted molar refractivity (Wildman–Crippen MR) is 61.4 cm³/mol. The standard InChI is InChI=1S/C11H9Cl2NO2/c1-16-10(15)4-8-2-7(6-14)3-9(5-12)11(8)13/h2-3H,4-5H2,1H3. The van der Waals surface area contributed by atoms with Gasteiger partial charge in [0.15, 0.2) is 0 Å². The van der Waals surface area contributed by atoms with Crippen LogP contribution in [0.5, 0.6) is 0 Å². The third kappa shape index (κ3) is 2.88. The van der Waals surface area contributed by atoms with Crippen molar-refractivity contribution in [1.82, 2.24) is 0 Å². The molecule has 84 valence electrons. The van der Waals surface area contributed by atoms with Crippen LogP contribution >= 0.6 is 23.2 Å². The lowest BCUT2D eigenvalue weighted by atomic mass is 10.0. The molecule has 1 rings (SSSR count). The van der Waals surface area contributed by atoms with E-state index in [9.17, 15) is 4.79 Å². The zero-order valence-corrected chi connectivity index (χ0v) is 10.1. The Morgan fingerprint density at radius 1 is 1.50 bits per heavy atom. The van der Waals surface area contributed by atoms with E-state index in [4.69, 9.17) is 28.5 Å². The molecule has 0 N–H and O–H groups in total. The number of halogens is 2. The Balaban J connectivity index is 3.17. The first kappa shape index (κ1) is 12.8. The Morgan fingerprint density at radius 3 is 2.62 bits per heavy atom. The van der Waals surface area contributed by atoms with Crippen molar-refractivity contribution < 1.29 is 9.53 Å². The van der Waals surface area contributed by atoms with E-state index < -0.39 is 5.97 Å². The summed E-state index contributed by atoms with van der Waals surface area (Å²) in [4.78, 5) is 11.1. The third-order valence-corrected chi connectivity index (χ3v) is 2.83. The summed E-state index contributed by atoms with van der Waals surface area (Å²) < 4.78 is 4.54. The van der Waals surface area contributed by atoms with Gasteiger partial charge in [-0.1, -0.05) is 11.6 Å². The van der Waals surface area contributed by atoms with Crippen LogP contribution in [0, 0.1) is 11.3 Å². The molecular formula is C11H9Cl2NO2. The van der Waals surface area contributed by atoms with Gasteiger partial charge in [-0.2, -0.15) is 5.26 Å². The molecule has 16 heavy (non-hydrogen) atoms. The van der Waals surface area contributed by atoms with Gasteiger partial charge in [-0.25, -0.2) is 0 Å². The van der Waals surface area contributed by atoms with Crippen molar-refractivity contribution in [2.45, 2.75) is 12.3 Å². The molecule has 0 saturated carbocycles. The molecule has 0 aliphatic heterocycles. The summed E-state index contributed by atoms with van der Waals surface area (Å²) in [5, 5.41) is 9.23. The van der Waals surface area contributed by atoms with Crippen LogP contribution in [0.1, 0.15) is 16.7 Å². The van der Waals surface area contributed by atoms with Gasteiger partial charge in [-0.05, 0) is 23.3 Å². The van der Waals surface area contributed by atoms with Gasteiger partial charge in [-0.15, -0.1) is 11.6 Å². The van der Waals surface area contributed by atoms with Crippen molar-refractivity contribution >= 4 is 29.2 Å². The van der Waals surface area contributed by atoms with Crippen LogP contribution in [-0.2, 0) is 21.8 Å². The Morgan fingerprint density at radius 2 is 2.12 bits per heavy atom. The van der Waals surface area contributed by atoms with Crippen molar-refractivity contribution in [3.63, 3.8) is 0 Å². The third-order valence-electron chi connectivity index (χ3n) is 2.06. The fraction of sp³-hybridized carbons (Fsp3) is 0.273. The number of benzene rings is 1. The number of methoxy groups -OCH3 is 1. The van der Waals surface area contributed by atoms with Gasteiger partial charge in [0.1, 0.15) is 0 Å². The molecule has 0 radical (unpaired) electrons. The number of hydrogen-bond acceptors (Lipinski definition) is 3. The average Bonchev–Trinajstić information content (AvgIpc) is 2.31. The molecular weight excluding hydrogens is 249 g/mol. The second-order valence-corrected chi connectivity index (χ2v) is 3.75. The Labute approximate surface area is 104 Å². The first-order chi connectivity index (χ1) is 7.62. The van der Waals surface area contributed by atoms with Crippen LogP contribution in [0.4, 0.5) is 0 Å². The Hall–Kier alpha value is -1.24. The number of ether oxygens (including phenoxy) is 1. The van der Waals surface area contributed by atoms with E-state index in [0.717, 1.165) is 0 Å². The maximum atomic E-state index is 11.1. The number of rotatable bonds is 3. The van der Waals surface area contributed by atoms with Gasteiger partial charge in [0, 0.05) is 10.9 Å². The van der Waals surface area contributed by atoms with Crippen molar-refractivity contribution in [1.29, 1.82) is 5.26 Å². The smallest absolute Gasteiger partial charge is 0.310 e. The lowest BCUT2D eigenvalue weighted by molar-refractivity contribution is -0.139. The average molecular weight is 258 g/mol. The van der Waals surface area contributed by atoms with E-state index in [1.54, 1.807) is 12.1 Å². The molecule has 0 aromatic heterocycles. The minimum atomic E-state index is -0.405. The summed E-state index contributed by atoms with van der Waals surface area (Å²) in [5.41, 5.74) is 1.63. The highest BCUT2D eigenvalue weighted by atomic mass is 35.5. The van der Waals surface area contributed by atoms with Gasteiger partial charge < -0.3 is 4.74 Å². The predicted octanol–water partition coefficient (Wildman–Crippen LogP) is 2.67. The van der Waals surface area contributed by atoms with Crippen LogP contribution in [0.15, 0.2) is 12.1 Å². The SMILES string of the molecule is COC(=O)Cc1cc(C#N)cc(CCl)c1Cl. The minimum Gasteiger partial charge on any atom is -0.469 e. The molecule has 0 heterocycles. The minimum absolute atomic E-state index is 0.0365. The van der Waals surface area contributed by atoms with Crippen molar-refractivity contribution in [2.24, 2.45) is 0 Å². The van der Waals surface area contributed by atoms with Crippen LogP contribution in [0.25, 0.3) is 0 Å². The van der Waals surface area contributed by atoms with Crippen LogP contribution in [0.3, 0.4) is 0 Å². The number of nitriles is 1. The summed E-state index contributed by atoms with van der Waals surface area (Å²) in [6.45, 7) is 0. The topological polar surface area (TPSA) is 50.1 Å². The molecule has 0 bridgehead atoms. The molecule has 0 saturated heterocycles. The van der Waals surface area contributed by atoms with Crippen molar-refractivity contribution in [3.8, 4) is 6.07 Å². The number of carbonyl (C=O) groups excluding carboxylic acids is 1. The molecule has 0 atom stereocenters.